The van der Waals surface area contributed by atoms with Gasteiger partial charge in [0.15, 0.2) is 0 Å². The van der Waals surface area contributed by atoms with E-state index >= 15 is 0 Å². The summed E-state index contributed by atoms with van der Waals surface area (Å²) in [4.78, 5) is 0. The van der Waals surface area contributed by atoms with Gasteiger partial charge >= 0.3 is 0 Å². The van der Waals surface area contributed by atoms with Crippen molar-refractivity contribution in [1.29, 1.82) is 5.41 Å². The highest BCUT2D eigenvalue weighted by molar-refractivity contribution is 5.91. The molecule has 116 valence electrons. The highest BCUT2D eigenvalue weighted by Gasteiger charge is 2.07. The molecule has 0 spiro atoms. The van der Waals surface area contributed by atoms with Gasteiger partial charge in [0.1, 0.15) is 5.75 Å². The van der Waals surface area contributed by atoms with Crippen molar-refractivity contribution < 1.29 is 4.74 Å². The highest BCUT2D eigenvalue weighted by atomic mass is 16.5. The number of nitrogens with one attached hydrogen (secondary N) is 4. The monoisotopic (exact) mass is 300 g/mol. The Kier molecular flexibility index (Phi) is 5.58. The van der Waals surface area contributed by atoms with E-state index in [2.05, 4.69) is 16.5 Å². The first-order valence-electron chi connectivity index (χ1n) is 6.89. The zero-order chi connectivity index (χ0) is 15.8. The quantitative estimate of drug-likeness (QED) is 0.304. The topological polar surface area (TPSA) is 98.4 Å². The Morgan fingerprint density at radius 1 is 1.14 bits per heavy atom. The fourth-order valence-electron chi connectivity index (χ4n) is 1.80. The van der Waals surface area contributed by atoms with E-state index in [0.717, 1.165) is 17.1 Å². The average molecular weight is 300 g/mol. The van der Waals surface area contributed by atoms with Crippen molar-refractivity contribution in [2.75, 3.05) is 17.0 Å². The molecule has 0 unspecified atom stereocenters. The van der Waals surface area contributed by atoms with Crippen molar-refractivity contribution >= 4 is 17.3 Å². The molecule has 22 heavy (non-hydrogen) atoms. The van der Waals surface area contributed by atoms with E-state index in [1.54, 1.807) is 0 Å². The van der Waals surface area contributed by atoms with Crippen LogP contribution in [0.4, 0.5) is 11.4 Å². The van der Waals surface area contributed by atoms with Gasteiger partial charge in [0.05, 0.1) is 18.0 Å². The Hall–Kier alpha value is -2.77. The molecule has 2 aromatic rings. The van der Waals surface area contributed by atoms with Crippen molar-refractivity contribution in [3.63, 3.8) is 0 Å². The number of ether oxygens (including phenoxy) is 1. The molecular formula is C15H20N6O. The molecule has 7 heteroatoms. The normalized spacial score (nSPS) is 10.0. The molecule has 0 saturated carbocycles. The van der Waals surface area contributed by atoms with Crippen LogP contribution >= 0.6 is 0 Å². The van der Waals surface area contributed by atoms with Gasteiger partial charge < -0.3 is 15.9 Å². The van der Waals surface area contributed by atoms with Crippen LogP contribution in [-0.4, -0.2) is 12.6 Å². The summed E-state index contributed by atoms with van der Waals surface area (Å²) < 4.78 is 5.38. The lowest BCUT2D eigenvalue weighted by Crippen LogP contribution is -2.54. The third-order valence-electron chi connectivity index (χ3n) is 2.80. The summed E-state index contributed by atoms with van der Waals surface area (Å²) in [6, 6.07) is 16.8. The zero-order valence-electron chi connectivity index (χ0n) is 12.3. The molecule has 0 amide bonds. The second-order valence-corrected chi connectivity index (χ2v) is 4.38. The maximum Gasteiger partial charge on any atom is 0.209 e. The summed E-state index contributed by atoms with van der Waals surface area (Å²) >= 11 is 0. The molecule has 0 aliphatic rings. The van der Waals surface area contributed by atoms with Crippen LogP contribution < -0.4 is 32.0 Å². The van der Waals surface area contributed by atoms with Gasteiger partial charge in [-0.2, -0.15) is 5.53 Å². The summed E-state index contributed by atoms with van der Waals surface area (Å²) in [5.41, 5.74) is 15.7. The number of nitrogens with zero attached hydrogens (tertiary/aromatic N) is 1. The molecule has 0 saturated heterocycles. The summed E-state index contributed by atoms with van der Waals surface area (Å²) in [5, 5.41) is 9.01. The lowest BCUT2D eigenvalue weighted by molar-refractivity contribution is 0.340. The first-order valence-corrected chi connectivity index (χ1v) is 6.89. The molecule has 7 nitrogen and oxygen atoms in total. The summed E-state index contributed by atoms with van der Waals surface area (Å²) in [6.45, 7) is 2.58. The molecule has 2 aromatic carbocycles. The number of hydrazine groups is 3. The number of para-hydroxylation sites is 1. The van der Waals surface area contributed by atoms with Gasteiger partial charge in [-0.1, -0.05) is 18.2 Å². The van der Waals surface area contributed by atoms with Crippen LogP contribution in [-0.2, 0) is 0 Å². The van der Waals surface area contributed by atoms with E-state index in [-0.39, 0.29) is 5.96 Å². The number of hydrogen-bond acceptors (Lipinski definition) is 5. The number of anilines is 2. The minimum absolute atomic E-state index is 0.132. The maximum atomic E-state index is 7.60. The van der Waals surface area contributed by atoms with Crippen LogP contribution in [0.25, 0.3) is 0 Å². The van der Waals surface area contributed by atoms with Crippen LogP contribution in [0.5, 0.6) is 5.75 Å². The van der Waals surface area contributed by atoms with Gasteiger partial charge in [-0.15, -0.1) is 5.53 Å². The summed E-state index contributed by atoms with van der Waals surface area (Å²) in [5.74, 6) is 0.683. The average Bonchev–Trinajstić information content (AvgIpc) is 2.54. The standard InChI is InChI=1S/C15H20N6O/c1-2-22-14-10-8-12(9-11-14)18-19-20-21(15(16)17)13-6-4-3-5-7-13/h3-11,18-20H,2H2,1H3,(H3,16,17). The van der Waals surface area contributed by atoms with E-state index in [1.807, 2.05) is 61.5 Å². The minimum Gasteiger partial charge on any atom is -0.494 e. The van der Waals surface area contributed by atoms with Crippen LogP contribution in [0.15, 0.2) is 54.6 Å². The number of rotatable bonds is 7. The number of hydrogen-bond donors (Lipinski definition) is 5. The molecule has 0 radical (unpaired) electrons. The van der Waals surface area contributed by atoms with Gasteiger partial charge in [-0.05, 0) is 43.3 Å². The molecular weight excluding hydrogens is 280 g/mol. The number of guanidine groups is 1. The van der Waals surface area contributed by atoms with Gasteiger partial charge in [0.25, 0.3) is 0 Å². The Morgan fingerprint density at radius 2 is 1.82 bits per heavy atom. The molecule has 0 fully saturated rings. The fourth-order valence-corrected chi connectivity index (χ4v) is 1.80. The Balaban J connectivity index is 1.89. The second-order valence-electron chi connectivity index (χ2n) is 4.38. The lowest BCUT2D eigenvalue weighted by Gasteiger charge is -2.24. The first kappa shape index (κ1) is 15.6. The van der Waals surface area contributed by atoms with Crippen molar-refractivity contribution in [2.45, 2.75) is 6.92 Å². The SMILES string of the molecule is CCOc1ccc(NNNN(C(=N)N)c2ccccc2)cc1. The number of benzene rings is 2. The maximum absolute atomic E-state index is 7.60. The van der Waals surface area contributed by atoms with E-state index in [1.165, 1.54) is 5.01 Å². The molecule has 0 bridgehead atoms. The predicted molar refractivity (Wildman–Crippen MR) is 88.3 cm³/mol. The van der Waals surface area contributed by atoms with Gasteiger partial charge in [0.2, 0.25) is 5.96 Å². The van der Waals surface area contributed by atoms with Crippen LogP contribution in [0.2, 0.25) is 0 Å². The first-order chi connectivity index (χ1) is 10.7. The Bertz CT molecular complexity index is 587. The highest BCUT2D eigenvalue weighted by Crippen LogP contribution is 2.14. The van der Waals surface area contributed by atoms with Crippen molar-refractivity contribution in [2.24, 2.45) is 5.73 Å². The molecule has 0 aliphatic carbocycles. The molecule has 6 N–H and O–H groups in total. The molecule has 0 heterocycles. The molecule has 2 rings (SSSR count). The third-order valence-corrected chi connectivity index (χ3v) is 2.80. The van der Waals surface area contributed by atoms with E-state index < -0.39 is 0 Å². The van der Waals surface area contributed by atoms with Crippen molar-refractivity contribution in [3.05, 3.63) is 54.6 Å². The van der Waals surface area contributed by atoms with E-state index in [4.69, 9.17) is 15.9 Å². The van der Waals surface area contributed by atoms with E-state index in [9.17, 15) is 0 Å². The Labute approximate surface area is 129 Å². The van der Waals surface area contributed by atoms with Gasteiger partial charge in [-0.3, -0.25) is 5.41 Å². The molecule has 0 atom stereocenters. The Morgan fingerprint density at radius 3 is 2.41 bits per heavy atom. The largest absolute Gasteiger partial charge is 0.494 e. The minimum atomic E-state index is -0.132. The summed E-state index contributed by atoms with van der Waals surface area (Å²) in [6.07, 6.45) is 0. The second kappa shape index (κ2) is 7.87. The smallest absolute Gasteiger partial charge is 0.209 e. The summed E-state index contributed by atoms with van der Waals surface area (Å²) in [7, 11) is 0. The molecule has 0 aliphatic heterocycles. The van der Waals surface area contributed by atoms with Crippen LogP contribution in [0.1, 0.15) is 6.92 Å². The van der Waals surface area contributed by atoms with Crippen LogP contribution in [0.3, 0.4) is 0 Å². The molecule has 0 aromatic heterocycles. The predicted octanol–water partition coefficient (Wildman–Crippen LogP) is 1.82. The third kappa shape index (κ3) is 4.37. The van der Waals surface area contributed by atoms with Crippen molar-refractivity contribution in [1.82, 2.24) is 11.1 Å². The zero-order valence-corrected chi connectivity index (χ0v) is 12.3. The lowest BCUT2D eigenvalue weighted by atomic mass is 10.3. The van der Waals surface area contributed by atoms with Crippen molar-refractivity contribution in [3.8, 4) is 5.75 Å². The van der Waals surface area contributed by atoms with Gasteiger partial charge in [0, 0.05) is 0 Å². The van der Waals surface area contributed by atoms with Crippen LogP contribution in [0, 0.1) is 5.41 Å². The van der Waals surface area contributed by atoms with Gasteiger partial charge in [-0.25, -0.2) is 5.01 Å². The van der Waals surface area contributed by atoms with E-state index in [0.29, 0.717) is 6.61 Å². The number of nitrogens with two attached hydrogens (primary N) is 1. The fraction of sp³-hybridized carbons (Fsp3) is 0.133.